The van der Waals surface area contributed by atoms with E-state index in [9.17, 15) is 9.59 Å². The summed E-state index contributed by atoms with van der Waals surface area (Å²) >= 11 is 0. The van der Waals surface area contributed by atoms with Crippen molar-refractivity contribution in [3.8, 4) is 6.07 Å². The van der Waals surface area contributed by atoms with E-state index in [1.807, 2.05) is 6.07 Å². The number of amides is 2. The lowest BCUT2D eigenvalue weighted by Crippen LogP contribution is -2.29. The molecule has 1 fully saturated rings. The standard InChI is InChI=1S/C12H11N3O3/c13-6-8-3-1-2-4-10(8)15-7-9(5-11(16)17)14-12(15)18/h1-4,9H,5,7H2,(H,14,18)(H,16,17). The van der Waals surface area contributed by atoms with Gasteiger partial charge in [0.2, 0.25) is 0 Å². The van der Waals surface area contributed by atoms with Crippen LogP contribution in [0.4, 0.5) is 10.5 Å². The van der Waals surface area contributed by atoms with Gasteiger partial charge in [-0.2, -0.15) is 5.26 Å². The molecular weight excluding hydrogens is 234 g/mol. The molecule has 6 nitrogen and oxygen atoms in total. The number of anilines is 1. The number of nitrogens with zero attached hydrogens (tertiary/aromatic N) is 2. The van der Waals surface area contributed by atoms with Crippen molar-refractivity contribution in [3.63, 3.8) is 0 Å². The Morgan fingerprint density at radius 1 is 1.56 bits per heavy atom. The van der Waals surface area contributed by atoms with E-state index in [1.165, 1.54) is 4.90 Å². The van der Waals surface area contributed by atoms with Crippen molar-refractivity contribution in [2.24, 2.45) is 0 Å². The summed E-state index contributed by atoms with van der Waals surface area (Å²) in [5.41, 5.74) is 0.897. The zero-order chi connectivity index (χ0) is 13.1. The number of hydrogen-bond donors (Lipinski definition) is 2. The summed E-state index contributed by atoms with van der Waals surface area (Å²) in [4.78, 5) is 23.7. The van der Waals surface area contributed by atoms with E-state index in [0.717, 1.165) is 0 Å². The summed E-state index contributed by atoms with van der Waals surface area (Å²) < 4.78 is 0. The predicted molar refractivity (Wildman–Crippen MR) is 63.1 cm³/mol. The van der Waals surface area contributed by atoms with E-state index in [0.29, 0.717) is 11.3 Å². The highest BCUT2D eigenvalue weighted by molar-refractivity contribution is 5.96. The van der Waals surface area contributed by atoms with Crippen molar-refractivity contribution in [3.05, 3.63) is 29.8 Å². The molecule has 0 spiro atoms. The maximum Gasteiger partial charge on any atom is 0.322 e. The van der Waals surface area contributed by atoms with Crippen LogP contribution in [0.2, 0.25) is 0 Å². The quantitative estimate of drug-likeness (QED) is 0.828. The van der Waals surface area contributed by atoms with Gasteiger partial charge in [-0.05, 0) is 12.1 Å². The van der Waals surface area contributed by atoms with Crippen molar-refractivity contribution in [1.82, 2.24) is 5.32 Å². The van der Waals surface area contributed by atoms with E-state index in [1.54, 1.807) is 24.3 Å². The number of aliphatic carboxylic acids is 1. The number of benzene rings is 1. The Morgan fingerprint density at radius 3 is 2.94 bits per heavy atom. The summed E-state index contributed by atoms with van der Waals surface area (Å²) in [6, 6.07) is 7.94. The van der Waals surface area contributed by atoms with E-state index < -0.39 is 12.0 Å². The zero-order valence-corrected chi connectivity index (χ0v) is 9.46. The molecule has 2 N–H and O–H groups in total. The molecule has 2 rings (SSSR count). The molecule has 0 aliphatic carbocycles. The number of urea groups is 1. The van der Waals surface area contributed by atoms with Crippen LogP contribution in [0.15, 0.2) is 24.3 Å². The maximum atomic E-state index is 11.7. The van der Waals surface area contributed by atoms with Crippen molar-refractivity contribution in [2.45, 2.75) is 12.5 Å². The molecule has 18 heavy (non-hydrogen) atoms. The predicted octanol–water partition coefficient (Wildman–Crippen LogP) is 0.931. The van der Waals surface area contributed by atoms with Crippen molar-refractivity contribution in [1.29, 1.82) is 5.26 Å². The summed E-state index contributed by atoms with van der Waals surface area (Å²) in [5.74, 6) is -0.962. The Bertz CT molecular complexity index is 536. The number of rotatable bonds is 3. The van der Waals surface area contributed by atoms with Crippen molar-refractivity contribution in [2.75, 3.05) is 11.4 Å². The average molecular weight is 245 g/mol. The van der Waals surface area contributed by atoms with Gasteiger partial charge in [0.15, 0.2) is 0 Å². The van der Waals surface area contributed by atoms with Crippen LogP contribution in [-0.2, 0) is 4.79 Å². The fourth-order valence-electron chi connectivity index (χ4n) is 1.94. The Morgan fingerprint density at radius 2 is 2.28 bits per heavy atom. The van der Waals surface area contributed by atoms with Crippen LogP contribution in [-0.4, -0.2) is 29.7 Å². The third-order valence-corrected chi connectivity index (χ3v) is 2.71. The second-order valence-corrected chi connectivity index (χ2v) is 3.98. The van der Waals surface area contributed by atoms with Gasteiger partial charge in [0, 0.05) is 6.54 Å². The number of hydrogen-bond acceptors (Lipinski definition) is 3. The van der Waals surface area contributed by atoms with E-state index >= 15 is 0 Å². The van der Waals surface area contributed by atoms with Crippen LogP contribution in [0, 0.1) is 11.3 Å². The molecule has 1 aliphatic heterocycles. The first kappa shape index (κ1) is 11.9. The van der Waals surface area contributed by atoms with Gasteiger partial charge < -0.3 is 10.4 Å². The van der Waals surface area contributed by atoms with Crippen molar-refractivity contribution < 1.29 is 14.7 Å². The molecule has 1 aromatic carbocycles. The second kappa shape index (κ2) is 4.75. The zero-order valence-electron chi connectivity index (χ0n) is 9.46. The lowest BCUT2D eigenvalue weighted by molar-refractivity contribution is -0.137. The molecule has 0 aromatic heterocycles. The number of carbonyl (C=O) groups is 2. The number of carboxylic acid groups (broad SMARTS) is 1. The molecule has 0 saturated carbocycles. The van der Waals surface area contributed by atoms with Crippen LogP contribution in [0.5, 0.6) is 0 Å². The number of nitrogens with one attached hydrogen (secondary N) is 1. The minimum atomic E-state index is -0.962. The smallest absolute Gasteiger partial charge is 0.322 e. The van der Waals surface area contributed by atoms with Crippen LogP contribution < -0.4 is 10.2 Å². The molecule has 1 saturated heterocycles. The minimum Gasteiger partial charge on any atom is -0.481 e. The highest BCUT2D eigenvalue weighted by atomic mass is 16.4. The third kappa shape index (κ3) is 2.25. The normalized spacial score (nSPS) is 18.3. The van der Waals surface area contributed by atoms with Crippen LogP contribution in [0.1, 0.15) is 12.0 Å². The summed E-state index contributed by atoms with van der Waals surface area (Å²) in [7, 11) is 0. The van der Waals surface area contributed by atoms with Gasteiger partial charge in [-0.25, -0.2) is 4.79 Å². The van der Waals surface area contributed by atoms with Gasteiger partial charge in [0.25, 0.3) is 0 Å². The molecule has 92 valence electrons. The van der Waals surface area contributed by atoms with E-state index in [4.69, 9.17) is 10.4 Å². The Labute approximate surface area is 103 Å². The molecule has 1 aliphatic rings. The molecule has 1 aromatic rings. The minimum absolute atomic E-state index is 0.128. The SMILES string of the molecule is N#Cc1ccccc1N1CC(CC(=O)O)NC1=O. The van der Waals surface area contributed by atoms with Gasteiger partial charge in [0.1, 0.15) is 6.07 Å². The number of carboxylic acids is 1. The van der Waals surface area contributed by atoms with Crippen LogP contribution in [0.3, 0.4) is 0 Å². The molecule has 1 unspecified atom stereocenters. The molecule has 0 radical (unpaired) electrons. The number of nitriles is 1. The fourth-order valence-corrected chi connectivity index (χ4v) is 1.94. The highest BCUT2D eigenvalue weighted by Crippen LogP contribution is 2.23. The fraction of sp³-hybridized carbons (Fsp3) is 0.250. The number of carbonyl (C=O) groups excluding carboxylic acids is 1. The molecule has 2 amide bonds. The van der Waals surface area contributed by atoms with Gasteiger partial charge >= 0.3 is 12.0 Å². The van der Waals surface area contributed by atoms with Gasteiger partial charge in [-0.3, -0.25) is 9.69 Å². The Balaban J connectivity index is 2.22. The van der Waals surface area contributed by atoms with Gasteiger partial charge in [-0.1, -0.05) is 12.1 Å². The topological polar surface area (TPSA) is 93.4 Å². The van der Waals surface area contributed by atoms with Crippen LogP contribution >= 0.6 is 0 Å². The molecule has 6 heteroatoms. The van der Waals surface area contributed by atoms with Crippen molar-refractivity contribution >= 4 is 17.7 Å². The van der Waals surface area contributed by atoms with Gasteiger partial charge in [-0.15, -0.1) is 0 Å². The molecule has 0 bridgehead atoms. The molecule has 1 heterocycles. The number of para-hydroxylation sites is 1. The monoisotopic (exact) mass is 245 g/mol. The summed E-state index contributed by atoms with van der Waals surface area (Å²) in [6.07, 6.45) is -0.128. The molecule has 1 atom stereocenters. The molecular formula is C12H11N3O3. The third-order valence-electron chi connectivity index (χ3n) is 2.71. The lowest BCUT2D eigenvalue weighted by Gasteiger charge is -2.15. The van der Waals surface area contributed by atoms with E-state index in [-0.39, 0.29) is 19.0 Å². The van der Waals surface area contributed by atoms with Crippen LogP contribution in [0.25, 0.3) is 0 Å². The summed E-state index contributed by atoms with van der Waals surface area (Å²) in [6.45, 7) is 0.254. The lowest BCUT2D eigenvalue weighted by atomic mass is 10.1. The maximum absolute atomic E-state index is 11.7. The average Bonchev–Trinajstić information content (AvgIpc) is 2.69. The Kier molecular flexibility index (Phi) is 3.15. The first-order valence-electron chi connectivity index (χ1n) is 5.40. The highest BCUT2D eigenvalue weighted by Gasteiger charge is 2.32. The first-order valence-corrected chi connectivity index (χ1v) is 5.40. The van der Waals surface area contributed by atoms with E-state index in [2.05, 4.69) is 5.32 Å². The Hall–Kier alpha value is -2.55. The van der Waals surface area contributed by atoms with Gasteiger partial charge in [0.05, 0.1) is 23.7 Å². The summed E-state index contributed by atoms with van der Waals surface area (Å²) in [5, 5.41) is 20.3. The second-order valence-electron chi connectivity index (χ2n) is 3.98. The first-order chi connectivity index (χ1) is 8.61. The largest absolute Gasteiger partial charge is 0.481 e.